The van der Waals surface area contributed by atoms with E-state index in [1.165, 1.54) is 19.9 Å². The lowest BCUT2D eigenvalue weighted by Crippen LogP contribution is -2.19. The zero-order valence-electron chi connectivity index (χ0n) is 21.6. The minimum atomic E-state index is -0.445. The molecular formula is C28H31N5O4. The first kappa shape index (κ1) is 27.2. The molecule has 0 saturated carbocycles. The molecule has 0 atom stereocenters. The van der Waals surface area contributed by atoms with Gasteiger partial charge in [-0.1, -0.05) is 32.9 Å². The Balaban J connectivity index is 1.88. The van der Waals surface area contributed by atoms with E-state index in [1.807, 2.05) is 0 Å². The molecule has 0 spiro atoms. The molecule has 3 N–H and O–H groups in total. The summed E-state index contributed by atoms with van der Waals surface area (Å²) in [4.78, 5) is 57.6. The number of rotatable bonds is 8. The highest BCUT2D eigenvalue weighted by atomic mass is 16.2. The predicted octanol–water partition coefficient (Wildman–Crippen LogP) is 4.66. The molecule has 0 saturated heterocycles. The van der Waals surface area contributed by atoms with E-state index >= 15 is 0 Å². The molecule has 0 unspecified atom stereocenters. The lowest BCUT2D eigenvalue weighted by molar-refractivity contribution is -0.116. The van der Waals surface area contributed by atoms with Crippen LogP contribution in [0.25, 0.3) is 0 Å². The molecule has 9 heteroatoms. The van der Waals surface area contributed by atoms with Crippen LogP contribution in [0.4, 0.5) is 17.5 Å². The zero-order valence-corrected chi connectivity index (χ0v) is 21.6. The maximum atomic E-state index is 13.1. The van der Waals surface area contributed by atoms with Gasteiger partial charge in [0, 0.05) is 24.5 Å². The molecule has 0 radical (unpaired) electrons. The van der Waals surface area contributed by atoms with Crippen LogP contribution in [0, 0.1) is 5.41 Å². The smallest absolute Gasteiger partial charge is 0.256 e. The van der Waals surface area contributed by atoms with E-state index in [0.717, 1.165) is 5.56 Å². The molecule has 0 aliphatic carbocycles. The fraction of sp³-hybridized carbons (Fsp3) is 0.286. The average Bonchev–Trinajstić information content (AvgIpc) is 2.77. The van der Waals surface area contributed by atoms with E-state index in [2.05, 4.69) is 46.7 Å². The second-order valence-corrected chi connectivity index (χ2v) is 10.0. The van der Waals surface area contributed by atoms with Gasteiger partial charge in [-0.2, -0.15) is 0 Å². The molecule has 3 aromatic rings. The van der Waals surface area contributed by atoms with Crippen LogP contribution >= 0.6 is 0 Å². The first-order valence-corrected chi connectivity index (χ1v) is 11.8. The first-order valence-electron chi connectivity index (χ1n) is 11.8. The van der Waals surface area contributed by atoms with Gasteiger partial charge in [0.05, 0.1) is 5.69 Å². The highest BCUT2D eigenvalue weighted by Crippen LogP contribution is 2.23. The van der Waals surface area contributed by atoms with E-state index in [1.54, 1.807) is 48.5 Å². The Kier molecular flexibility index (Phi) is 8.49. The van der Waals surface area contributed by atoms with Crippen molar-refractivity contribution in [3.8, 4) is 0 Å². The van der Waals surface area contributed by atoms with Gasteiger partial charge in [-0.3, -0.25) is 19.2 Å². The summed E-state index contributed by atoms with van der Waals surface area (Å²) in [6.45, 7) is 9.06. The maximum absolute atomic E-state index is 13.1. The number of pyridine rings is 2. The standard InChI is InChI=1S/C28H31N5O4/c1-17(34)12-22-8-6-9-24(30-22)32-26(36)20-13-19(16-28(3,4)5)14-21(15-20)27(37)33-25-11-7-10-23(31-25)29-18(2)35/h6-11,13-15H,12,16H2,1-5H3,(H,30,32,36)(H2,29,31,33,35,37). The summed E-state index contributed by atoms with van der Waals surface area (Å²) in [6, 6.07) is 15.0. The van der Waals surface area contributed by atoms with E-state index in [4.69, 9.17) is 0 Å². The number of benzene rings is 1. The third-order valence-corrected chi connectivity index (χ3v) is 5.02. The van der Waals surface area contributed by atoms with Gasteiger partial charge in [0.15, 0.2) is 0 Å². The van der Waals surface area contributed by atoms with Crippen LogP contribution in [-0.2, 0) is 22.4 Å². The predicted molar refractivity (Wildman–Crippen MR) is 143 cm³/mol. The molecule has 2 aromatic heterocycles. The normalized spacial score (nSPS) is 10.9. The summed E-state index contributed by atoms with van der Waals surface area (Å²) in [5.74, 6) is -0.292. The van der Waals surface area contributed by atoms with Crippen LogP contribution in [0.3, 0.4) is 0 Å². The Labute approximate surface area is 216 Å². The number of aromatic nitrogens is 2. The SMILES string of the molecule is CC(=O)Cc1cccc(NC(=O)c2cc(CC(C)(C)C)cc(C(=O)Nc3cccc(NC(C)=O)n3)c2)n1. The van der Waals surface area contributed by atoms with Crippen molar-refractivity contribution in [2.24, 2.45) is 5.41 Å². The molecule has 0 fully saturated rings. The number of carbonyl (C=O) groups excluding carboxylic acids is 4. The van der Waals surface area contributed by atoms with E-state index in [9.17, 15) is 19.2 Å². The average molecular weight is 502 g/mol. The number of hydrogen-bond donors (Lipinski definition) is 3. The van der Waals surface area contributed by atoms with E-state index < -0.39 is 11.8 Å². The Hall–Kier alpha value is -4.40. The van der Waals surface area contributed by atoms with Crippen molar-refractivity contribution in [3.63, 3.8) is 0 Å². The summed E-state index contributed by atoms with van der Waals surface area (Å²) in [6.07, 6.45) is 0.809. The number of carbonyl (C=O) groups is 4. The van der Waals surface area contributed by atoms with Gasteiger partial charge in [-0.25, -0.2) is 9.97 Å². The molecule has 3 rings (SSSR count). The van der Waals surface area contributed by atoms with Crippen LogP contribution < -0.4 is 16.0 Å². The molecule has 0 bridgehead atoms. The molecule has 1 aromatic carbocycles. The van der Waals surface area contributed by atoms with Gasteiger partial charge < -0.3 is 16.0 Å². The molecule has 3 amide bonds. The van der Waals surface area contributed by atoms with E-state index in [0.29, 0.717) is 29.3 Å². The lowest BCUT2D eigenvalue weighted by Gasteiger charge is -2.19. The largest absolute Gasteiger partial charge is 0.311 e. The highest BCUT2D eigenvalue weighted by molar-refractivity contribution is 6.08. The van der Waals surface area contributed by atoms with Gasteiger partial charge in [0.25, 0.3) is 11.8 Å². The van der Waals surface area contributed by atoms with Crippen molar-refractivity contribution in [1.29, 1.82) is 0 Å². The summed E-state index contributed by atoms with van der Waals surface area (Å²) < 4.78 is 0. The minimum Gasteiger partial charge on any atom is -0.311 e. The first-order chi connectivity index (χ1) is 17.4. The van der Waals surface area contributed by atoms with Gasteiger partial charge in [0.2, 0.25) is 5.91 Å². The van der Waals surface area contributed by atoms with E-state index in [-0.39, 0.29) is 34.9 Å². The Morgan fingerprint density at radius 1 is 0.730 bits per heavy atom. The van der Waals surface area contributed by atoms with Crippen molar-refractivity contribution in [2.75, 3.05) is 16.0 Å². The minimum absolute atomic E-state index is 0.0291. The second-order valence-electron chi connectivity index (χ2n) is 10.0. The Morgan fingerprint density at radius 3 is 1.76 bits per heavy atom. The number of amides is 3. The van der Waals surface area contributed by atoms with Gasteiger partial charge in [-0.15, -0.1) is 0 Å². The fourth-order valence-corrected chi connectivity index (χ4v) is 3.70. The van der Waals surface area contributed by atoms with Crippen LogP contribution in [-0.4, -0.2) is 33.5 Å². The summed E-state index contributed by atoms with van der Waals surface area (Å²) >= 11 is 0. The van der Waals surface area contributed by atoms with Gasteiger partial charge >= 0.3 is 0 Å². The fourth-order valence-electron chi connectivity index (χ4n) is 3.70. The van der Waals surface area contributed by atoms with Crippen LogP contribution in [0.2, 0.25) is 0 Å². The topological polar surface area (TPSA) is 130 Å². The summed E-state index contributed by atoms with van der Waals surface area (Å²) in [5.41, 5.74) is 1.88. The zero-order chi connectivity index (χ0) is 27.2. The molecule has 192 valence electrons. The Bertz CT molecular complexity index is 1250. The third-order valence-electron chi connectivity index (χ3n) is 5.02. The van der Waals surface area contributed by atoms with Crippen LogP contribution in [0.15, 0.2) is 54.6 Å². The highest BCUT2D eigenvalue weighted by Gasteiger charge is 2.18. The number of nitrogens with zero attached hydrogens (tertiary/aromatic N) is 2. The maximum Gasteiger partial charge on any atom is 0.256 e. The summed E-state index contributed by atoms with van der Waals surface area (Å²) in [5, 5.41) is 8.06. The number of nitrogens with one attached hydrogen (secondary N) is 3. The van der Waals surface area contributed by atoms with Crippen LogP contribution in [0.1, 0.15) is 66.6 Å². The van der Waals surface area contributed by atoms with Crippen molar-refractivity contribution >= 4 is 41.0 Å². The number of anilines is 3. The molecule has 2 heterocycles. The number of Topliss-reactive ketones (excluding diaryl/α,β-unsaturated/α-hetero) is 1. The van der Waals surface area contributed by atoms with Crippen molar-refractivity contribution < 1.29 is 19.2 Å². The lowest BCUT2D eigenvalue weighted by atomic mass is 9.87. The second kappa shape index (κ2) is 11.6. The molecule has 37 heavy (non-hydrogen) atoms. The quantitative estimate of drug-likeness (QED) is 0.412. The molecule has 0 aliphatic rings. The van der Waals surface area contributed by atoms with Crippen LogP contribution in [0.5, 0.6) is 0 Å². The van der Waals surface area contributed by atoms with Crippen molar-refractivity contribution in [1.82, 2.24) is 9.97 Å². The number of ketones is 1. The van der Waals surface area contributed by atoms with Gasteiger partial charge in [0.1, 0.15) is 23.2 Å². The van der Waals surface area contributed by atoms with Crippen molar-refractivity contribution in [2.45, 2.75) is 47.5 Å². The Morgan fingerprint density at radius 2 is 1.24 bits per heavy atom. The molecular weight excluding hydrogens is 470 g/mol. The van der Waals surface area contributed by atoms with Gasteiger partial charge in [-0.05, 0) is 66.8 Å². The monoisotopic (exact) mass is 501 g/mol. The van der Waals surface area contributed by atoms with Crippen molar-refractivity contribution in [3.05, 3.63) is 77.0 Å². The molecule has 0 aliphatic heterocycles. The summed E-state index contributed by atoms with van der Waals surface area (Å²) in [7, 11) is 0. The molecule has 9 nitrogen and oxygen atoms in total. The third kappa shape index (κ3) is 8.64. The number of hydrogen-bond acceptors (Lipinski definition) is 6.